The molecule has 2 heterocycles. The number of aromatic amines is 1. The Labute approximate surface area is 99.1 Å². The Bertz CT molecular complexity index is 658. The Kier molecular flexibility index (Phi) is 2.29. The van der Waals surface area contributed by atoms with Crippen molar-refractivity contribution in [3.05, 3.63) is 48.8 Å². The zero-order valence-corrected chi connectivity index (χ0v) is 9.40. The van der Waals surface area contributed by atoms with Gasteiger partial charge in [0.2, 0.25) is 0 Å². The average molecular weight is 223 g/mol. The van der Waals surface area contributed by atoms with Crippen LogP contribution < -0.4 is 4.74 Å². The number of hydrogen-bond donors (Lipinski definition) is 1. The van der Waals surface area contributed by atoms with Crippen molar-refractivity contribution < 1.29 is 4.74 Å². The van der Waals surface area contributed by atoms with Gasteiger partial charge in [0.1, 0.15) is 11.4 Å². The molecular weight excluding hydrogens is 212 g/mol. The normalized spacial score (nSPS) is 10.6. The van der Waals surface area contributed by atoms with Crippen molar-refractivity contribution in [3.8, 4) is 16.9 Å². The maximum Gasteiger partial charge on any atom is 0.137 e. The lowest BCUT2D eigenvalue weighted by atomic mass is 10.1. The average Bonchev–Trinajstić information content (AvgIpc) is 2.85. The maximum absolute atomic E-state index is 5.35. The van der Waals surface area contributed by atoms with Crippen LogP contribution in [0.4, 0.5) is 0 Å². The van der Waals surface area contributed by atoms with Crippen LogP contribution in [0.3, 0.4) is 0 Å². The SMILES string of the molecule is COc1ccccc1-c1cnc2[nH]c[c]c2c1. The van der Waals surface area contributed by atoms with E-state index in [2.05, 4.69) is 22.1 Å². The molecule has 0 saturated carbocycles. The molecule has 3 aromatic rings. The zero-order chi connectivity index (χ0) is 11.7. The number of nitrogens with zero attached hydrogens (tertiary/aromatic N) is 1. The van der Waals surface area contributed by atoms with Crippen molar-refractivity contribution in [3.63, 3.8) is 0 Å². The fourth-order valence-electron chi connectivity index (χ4n) is 1.90. The van der Waals surface area contributed by atoms with Gasteiger partial charge in [-0.3, -0.25) is 0 Å². The van der Waals surface area contributed by atoms with Gasteiger partial charge in [-0.2, -0.15) is 0 Å². The highest BCUT2D eigenvalue weighted by Crippen LogP contribution is 2.30. The van der Waals surface area contributed by atoms with Gasteiger partial charge in [-0.05, 0) is 12.1 Å². The van der Waals surface area contributed by atoms with Crippen molar-refractivity contribution in [2.45, 2.75) is 0 Å². The van der Waals surface area contributed by atoms with E-state index >= 15 is 0 Å². The maximum atomic E-state index is 5.35. The van der Waals surface area contributed by atoms with Crippen molar-refractivity contribution in [2.24, 2.45) is 0 Å². The van der Waals surface area contributed by atoms with Gasteiger partial charge in [0.15, 0.2) is 0 Å². The third-order valence-electron chi connectivity index (χ3n) is 2.74. The number of benzene rings is 1. The van der Waals surface area contributed by atoms with Gasteiger partial charge in [0, 0.05) is 35.0 Å². The van der Waals surface area contributed by atoms with Crippen LogP contribution in [0.2, 0.25) is 0 Å². The number of aromatic nitrogens is 2. The second-order valence-electron chi connectivity index (χ2n) is 3.75. The monoisotopic (exact) mass is 223 g/mol. The molecule has 0 atom stereocenters. The van der Waals surface area contributed by atoms with E-state index in [1.54, 1.807) is 13.3 Å². The number of nitrogens with one attached hydrogen (secondary N) is 1. The largest absolute Gasteiger partial charge is 0.496 e. The molecule has 1 N–H and O–H groups in total. The summed E-state index contributed by atoms with van der Waals surface area (Å²) in [5, 5.41) is 0.980. The minimum absolute atomic E-state index is 0.851. The Balaban J connectivity index is 2.19. The first-order valence-corrected chi connectivity index (χ1v) is 5.36. The van der Waals surface area contributed by atoms with Gasteiger partial charge >= 0.3 is 0 Å². The van der Waals surface area contributed by atoms with E-state index in [9.17, 15) is 0 Å². The molecule has 0 aliphatic heterocycles. The minimum atomic E-state index is 0.851. The molecule has 1 radical (unpaired) electrons. The fourth-order valence-corrected chi connectivity index (χ4v) is 1.90. The molecule has 0 aliphatic carbocycles. The van der Waals surface area contributed by atoms with Crippen LogP contribution in [-0.4, -0.2) is 17.1 Å². The number of para-hydroxylation sites is 1. The van der Waals surface area contributed by atoms with Gasteiger partial charge in [-0.1, -0.05) is 18.2 Å². The first kappa shape index (κ1) is 9.90. The number of pyridine rings is 1. The summed E-state index contributed by atoms with van der Waals surface area (Å²) in [4.78, 5) is 7.38. The molecular formula is C14H11N2O. The Morgan fingerprint density at radius 3 is 3.06 bits per heavy atom. The highest BCUT2D eigenvalue weighted by Gasteiger charge is 2.06. The predicted octanol–water partition coefficient (Wildman–Crippen LogP) is 3.04. The Morgan fingerprint density at radius 2 is 2.18 bits per heavy atom. The molecule has 1 aromatic carbocycles. The lowest BCUT2D eigenvalue weighted by Crippen LogP contribution is -1.88. The molecule has 0 fully saturated rings. The summed E-state index contributed by atoms with van der Waals surface area (Å²) in [5.74, 6) is 0.851. The van der Waals surface area contributed by atoms with Crippen LogP contribution in [0, 0.1) is 6.07 Å². The van der Waals surface area contributed by atoms with Gasteiger partial charge in [0.05, 0.1) is 7.11 Å². The van der Waals surface area contributed by atoms with E-state index in [1.165, 1.54) is 0 Å². The van der Waals surface area contributed by atoms with Crippen molar-refractivity contribution in [1.82, 2.24) is 9.97 Å². The second-order valence-corrected chi connectivity index (χ2v) is 3.75. The molecule has 2 aromatic heterocycles. The van der Waals surface area contributed by atoms with E-state index in [-0.39, 0.29) is 0 Å². The first-order chi connectivity index (χ1) is 8.38. The Morgan fingerprint density at radius 1 is 1.29 bits per heavy atom. The summed E-state index contributed by atoms with van der Waals surface area (Å²) in [5.41, 5.74) is 2.92. The molecule has 17 heavy (non-hydrogen) atoms. The third-order valence-corrected chi connectivity index (χ3v) is 2.74. The van der Waals surface area contributed by atoms with Gasteiger partial charge in [0.25, 0.3) is 0 Å². The van der Waals surface area contributed by atoms with Crippen LogP contribution in [0.15, 0.2) is 42.7 Å². The summed E-state index contributed by atoms with van der Waals surface area (Å²) < 4.78 is 5.35. The predicted molar refractivity (Wildman–Crippen MR) is 66.9 cm³/mol. The van der Waals surface area contributed by atoms with Crippen LogP contribution in [0.25, 0.3) is 22.2 Å². The number of rotatable bonds is 2. The summed E-state index contributed by atoms with van der Waals surface area (Å²) in [6.07, 6.45) is 3.61. The third kappa shape index (κ3) is 1.65. The fraction of sp³-hybridized carbons (Fsp3) is 0.0714. The standard InChI is InChI=1S/C14H11N2O/c1-17-13-5-3-2-4-12(13)11-8-10-6-7-15-14(10)16-9-11/h2-5,7-9H,1H3,(H,15,16). The topological polar surface area (TPSA) is 37.9 Å². The van der Waals surface area contributed by atoms with Crippen LogP contribution in [-0.2, 0) is 0 Å². The lowest BCUT2D eigenvalue weighted by molar-refractivity contribution is 0.416. The zero-order valence-electron chi connectivity index (χ0n) is 9.40. The summed E-state index contributed by atoms with van der Waals surface area (Å²) in [6.45, 7) is 0. The van der Waals surface area contributed by atoms with Crippen molar-refractivity contribution in [2.75, 3.05) is 7.11 Å². The molecule has 0 bridgehead atoms. The van der Waals surface area contributed by atoms with Gasteiger partial charge < -0.3 is 9.72 Å². The van der Waals surface area contributed by atoms with Crippen LogP contribution >= 0.6 is 0 Å². The second kappa shape index (κ2) is 3.94. The summed E-state index contributed by atoms with van der Waals surface area (Å²) in [6, 6.07) is 13.1. The van der Waals surface area contributed by atoms with E-state index in [4.69, 9.17) is 4.74 Å². The van der Waals surface area contributed by atoms with Gasteiger partial charge in [-0.15, -0.1) is 0 Å². The lowest BCUT2D eigenvalue weighted by Gasteiger charge is -2.07. The van der Waals surface area contributed by atoms with E-state index in [0.29, 0.717) is 0 Å². The van der Waals surface area contributed by atoms with E-state index < -0.39 is 0 Å². The number of methoxy groups -OCH3 is 1. The molecule has 3 rings (SSSR count). The molecule has 0 spiro atoms. The molecule has 83 valence electrons. The highest BCUT2D eigenvalue weighted by molar-refractivity contribution is 5.82. The number of H-pyrrole nitrogens is 1. The number of ether oxygens (including phenoxy) is 1. The van der Waals surface area contributed by atoms with E-state index in [1.807, 2.05) is 30.5 Å². The Hall–Kier alpha value is -2.29. The van der Waals surface area contributed by atoms with Crippen LogP contribution in [0.5, 0.6) is 5.75 Å². The molecule has 0 amide bonds. The first-order valence-electron chi connectivity index (χ1n) is 5.36. The van der Waals surface area contributed by atoms with E-state index in [0.717, 1.165) is 27.9 Å². The summed E-state index contributed by atoms with van der Waals surface area (Å²) >= 11 is 0. The molecule has 3 heteroatoms. The highest BCUT2D eigenvalue weighted by atomic mass is 16.5. The minimum Gasteiger partial charge on any atom is -0.496 e. The smallest absolute Gasteiger partial charge is 0.137 e. The van der Waals surface area contributed by atoms with Crippen LogP contribution in [0.1, 0.15) is 0 Å². The molecule has 0 unspecified atom stereocenters. The van der Waals surface area contributed by atoms with Gasteiger partial charge in [-0.25, -0.2) is 4.98 Å². The molecule has 0 aliphatic rings. The molecule has 0 saturated heterocycles. The quantitative estimate of drug-likeness (QED) is 0.725. The van der Waals surface area contributed by atoms with Crippen molar-refractivity contribution >= 4 is 11.0 Å². The molecule has 3 nitrogen and oxygen atoms in total. The number of fused-ring (bicyclic) bond motifs is 1. The van der Waals surface area contributed by atoms with Crippen molar-refractivity contribution in [1.29, 1.82) is 0 Å². The summed E-state index contributed by atoms with van der Waals surface area (Å²) in [7, 11) is 1.67. The number of hydrogen-bond acceptors (Lipinski definition) is 2.